The van der Waals surface area contributed by atoms with Gasteiger partial charge in [0.15, 0.2) is 11.5 Å². The molecule has 0 radical (unpaired) electrons. The highest BCUT2D eigenvalue weighted by molar-refractivity contribution is 5.56. The number of anilines is 1. The molecule has 5 atom stereocenters. The zero-order valence-corrected chi connectivity index (χ0v) is 11.7. The third-order valence-corrected chi connectivity index (χ3v) is 6.15. The van der Waals surface area contributed by atoms with Crippen LogP contribution < -0.4 is 14.8 Å². The molecule has 0 amide bonds. The summed E-state index contributed by atoms with van der Waals surface area (Å²) < 4.78 is 10.9. The van der Waals surface area contributed by atoms with Gasteiger partial charge in [0.05, 0.1) is 0 Å². The standard InChI is InChI=1S/C17H21NO2/c1-2-12-10-6-14(13(12)3-1)15(7-10)18-11-4-5-16-17(8-11)20-9-19-16/h4-5,8,10,12-15,18H,1-3,6-7,9H2. The molecular formula is C17H21NO2. The van der Waals surface area contributed by atoms with Gasteiger partial charge in [-0.15, -0.1) is 0 Å². The molecular weight excluding hydrogens is 250 g/mol. The fourth-order valence-corrected chi connectivity index (χ4v) is 5.43. The van der Waals surface area contributed by atoms with E-state index in [2.05, 4.69) is 17.4 Å². The number of hydrogen-bond acceptors (Lipinski definition) is 3. The van der Waals surface area contributed by atoms with Crippen molar-refractivity contribution in [1.82, 2.24) is 0 Å². The molecule has 0 saturated heterocycles. The Labute approximate surface area is 119 Å². The van der Waals surface area contributed by atoms with Crippen LogP contribution in [0.25, 0.3) is 0 Å². The second kappa shape index (κ2) is 4.06. The van der Waals surface area contributed by atoms with Gasteiger partial charge in [0, 0.05) is 17.8 Å². The first kappa shape index (κ1) is 11.3. The first-order chi connectivity index (χ1) is 9.88. The summed E-state index contributed by atoms with van der Waals surface area (Å²) in [6.07, 6.45) is 7.30. The molecule has 106 valence electrons. The van der Waals surface area contributed by atoms with Gasteiger partial charge in [-0.05, 0) is 61.5 Å². The van der Waals surface area contributed by atoms with Gasteiger partial charge in [-0.2, -0.15) is 0 Å². The van der Waals surface area contributed by atoms with E-state index in [9.17, 15) is 0 Å². The highest BCUT2D eigenvalue weighted by Crippen LogP contribution is 2.59. The molecule has 4 aliphatic rings. The van der Waals surface area contributed by atoms with Crippen LogP contribution in [-0.4, -0.2) is 12.8 Å². The van der Waals surface area contributed by atoms with Crippen molar-refractivity contribution in [2.45, 2.75) is 38.1 Å². The van der Waals surface area contributed by atoms with Gasteiger partial charge in [0.1, 0.15) is 0 Å². The third kappa shape index (κ3) is 1.52. The van der Waals surface area contributed by atoms with Crippen molar-refractivity contribution in [3.05, 3.63) is 18.2 Å². The van der Waals surface area contributed by atoms with E-state index in [-0.39, 0.29) is 0 Å². The Balaban J connectivity index is 1.35. The Hall–Kier alpha value is -1.38. The molecule has 0 spiro atoms. The maximum absolute atomic E-state index is 5.47. The summed E-state index contributed by atoms with van der Waals surface area (Å²) in [5.74, 6) is 5.75. The molecule has 20 heavy (non-hydrogen) atoms. The van der Waals surface area contributed by atoms with Gasteiger partial charge >= 0.3 is 0 Å². The summed E-state index contributed by atoms with van der Waals surface area (Å²) in [5, 5.41) is 3.78. The maximum atomic E-state index is 5.47. The highest BCUT2D eigenvalue weighted by Gasteiger charge is 2.53. The van der Waals surface area contributed by atoms with Crippen LogP contribution in [0.15, 0.2) is 18.2 Å². The summed E-state index contributed by atoms with van der Waals surface area (Å²) in [7, 11) is 0. The fourth-order valence-electron chi connectivity index (χ4n) is 5.43. The van der Waals surface area contributed by atoms with Crippen LogP contribution in [0.5, 0.6) is 11.5 Å². The molecule has 0 aromatic heterocycles. The van der Waals surface area contributed by atoms with Crippen LogP contribution in [0.4, 0.5) is 5.69 Å². The summed E-state index contributed by atoms with van der Waals surface area (Å²) >= 11 is 0. The van der Waals surface area contributed by atoms with E-state index in [4.69, 9.17) is 9.47 Å². The maximum Gasteiger partial charge on any atom is 0.231 e. The van der Waals surface area contributed by atoms with Crippen LogP contribution in [0.3, 0.4) is 0 Å². The van der Waals surface area contributed by atoms with E-state index in [0.29, 0.717) is 12.8 Å². The Morgan fingerprint density at radius 1 is 0.950 bits per heavy atom. The van der Waals surface area contributed by atoms with Crippen molar-refractivity contribution in [1.29, 1.82) is 0 Å². The molecule has 1 N–H and O–H groups in total. The Kier molecular flexibility index (Phi) is 2.29. The van der Waals surface area contributed by atoms with Crippen LogP contribution in [0, 0.1) is 23.7 Å². The highest BCUT2D eigenvalue weighted by atomic mass is 16.7. The first-order valence-corrected chi connectivity index (χ1v) is 8.05. The van der Waals surface area contributed by atoms with E-state index in [1.807, 2.05) is 6.07 Å². The normalized spacial score (nSPS) is 40.1. The van der Waals surface area contributed by atoms with Crippen molar-refractivity contribution in [3.63, 3.8) is 0 Å². The van der Waals surface area contributed by atoms with E-state index in [0.717, 1.165) is 35.2 Å². The molecule has 3 aliphatic carbocycles. The number of ether oxygens (including phenoxy) is 2. The molecule has 1 aromatic rings. The predicted molar refractivity (Wildman–Crippen MR) is 77.0 cm³/mol. The Morgan fingerprint density at radius 2 is 1.85 bits per heavy atom. The van der Waals surface area contributed by atoms with Crippen molar-refractivity contribution < 1.29 is 9.47 Å². The monoisotopic (exact) mass is 271 g/mol. The van der Waals surface area contributed by atoms with Gasteiger partial charge in [0.2, 0.25) is 6.79 Å². The minimum Gasteiger partial charge on any atom is -0.454 e. The summed E-state index contributed by atoms with van der Waals surface area (Å²) in [6, 6.07) is 6.93. The van der Waals surface area contributed by atoms with Gasteiger partial charge in [-0.25, -0.2) is 0 Å². The second-order valence-corrected chi connectivity index (χ2v) is 6.97. The molecule has 1 aliphatic heterocycles. The van der Waals surface area contributed by atoms with Crippen LogP contribution in [0.1, 0.15) is 32.1 Å². The zero-order valence-electron chi connectivity index (χ0n) is 11.7. The molecule has 3 nitrogen and oxygen atoms in total. The zero-order chi connectivity index (χ0) is 13.1. The van der Waals surface area contributed by atoms with Crippen LogP contribution in [0.2, 0.25) is 0 Å². The van der Waals surface area contributed by atoms with E-state index >= 15 is 0 Å². The van der Waals surface area contributed by atoms with E-state index in [1.165, 1.54) is 37.8 Å². The van der Waals surface area contributed by atoms with Crippen molar-refractivity contribution >= 4 is 5.69 Å². The van der Waals surface area contributed by atoms with Gasteiger partial charge in [-0.3, -0.25) is 0 Å². The average Bonchev–Trinajstić information content (AvgIpc) is 3.20. The van der Waals surface area contributed by atoms with Gasteiger partial charge < -0.3 is 14.8 Å². The predicted octanol–water partition coefficient (Wildman–Crippen LogP) is 3.65. The molecule has 1 heterocycles. The summed E-state index contributed by atoms with van der Waals surface area (Å²) in [6.45, 7) is 0.358. The lowest BCUT2D eigenvalue weighted by Gasteiger charge is -2.32. The Bertz CT molecular complexity index is 544. The van der Waals surface area contributed by atoms with Crippen LogP contribution >= 0.6 is 0 Å². The minimum atomic E-state index is 0.358. The number of nitrogens with one attached hydrogen (secondary N) is 1. The largest absolute Gasteiger partial charge is 0.454 e. The molecule has 1 aromatic carbocycles. The number of rotatable bonds is 2. The first-order valence-electron chi connectivity index (χ1n) is 8.05. The average molecular weight is 271 g/mol. The number of hydrogen-bond donors (Lipinski definition) is 1. The molecule has 3 saturated carbocycles. The van der Waals surface area contributed by atoms with Gasteiger partial charge in [-0.1, -0.05) is 6.42 Å². The van der Waals surface area contributed by atoms with E-state index in [1.54, 1.807) is 0 Å². The second-order valence-electron chi connectivity index (χ2n) is 6.97. The topological polar surface area (TPSA) is 30.5 Å². The smallest absolute Gasteiger partial charge is 0.231 e. The number of benzene rings is 1. The van der Waals surface area contributed by atoms with E-state index < -0.39 is 0 Å². The molecule has 2 bridgehead atoms. The third-order valence-electron chi connectivity index (χ3n) is 6.15. The van der Waals surface area contributed by atoms with Crippen molar-refractivity contribution in [3.8, 4) is 11.5 Å². The van der Waals surface area contributed by atoms with Crippen molar-refractivity contribution in [2.24, 2.45) is 23.7 Å². The quantitative estimate of drug-likeness (QED) is 0.890. The summed E-state index contributed by atoms with van der Waals surface area (Å²) in [4.78, 5) is 0. The molecule has 5 unspecified atom stereocenters. The SMILES string of the molecule is c1cc2c(cc1NC1CC3CC1C1CCCC31)OCO2. The minimum absolute atomic E-state index is 0.358. The molecule has 3 heteroatoms. The fraction of sp³-hybridized carbons (Fsp3) is 0.647. The lowest BCUT2D eigenvalue weighted by Crippen LogP contribution is -2.33. The number of fused-ring (bicyclic) bond motifs is 6. The lowest BCUT2D eigenvalue weighted by atomic mass is 9.79. The lowest BCUT2D eigenvalue weighted by molar-refractivity contribution is 0.174. The van der Waals surface area contributed by atoms with Crippen molar-refractivity contribution in [2.75, 3.05) is 12.1 Å². The summed E-state index contributed by atoms with van der Waals surface area (Å²) in [5.41, 5.74) is 1.20. The molecule has 5 rings (SSSR count). The van der Waals surface area contributed by atoms with Crippen LogP contribution in [-0.2, 0) is 0 Å². The Morgan fingerprint density at radius 3 is 2.85 bits per heavy atom. The van der Waals surface area contributed by atoms with Gasteiger partial charge in [0.25, 0.3) is 0 Å². The molecule has 3 fully saturated rings.